The maximum Gasteiger partial charge on any atom is 0.296 e. The molecule has 0 bridgehead atoms. The van der Waals surface area contributed by atoms with Gasteiger partial charge in [0.15, 0.2) is 11.9 Å². The van der Waals surface area contributed by atoms with Crippen molar-refractivity contribution < 1.29 is 17.3 Å². The van der Waals surface area contributed by atoms with Crippen molar-refractivity contribution in [3.8, 4) is 11.3 Å². The molecule has 1 unspecified atom stereocenters. The van der Waals surface area contributed by atoms with Crippen LogP contribution in [0.4, 0.5) is 0 Å². The van der Waals surface area contributed by atoms with Crippen molar-refractivity contribution in [2.75, 3.05) is 13.2 Å². The molecular weight excluding hydrogens is 514 g/mol. The molecule has 3 fully saturated rings. The third kappa shape index (κ3) is 4.90. The van der Waals surface area contributed by atoms with Gasteiger partial charge in [0, 0.05) is 29.7 Å². The third-order valence-electron chi connectivity index (χ3n) is 8.23. The highest BCUT2D eigenvalue weighted by molar-refractivity contribution is 7.86. The van der Waals surface area contributed by atoms with Gasteiger partial charge in [-0.2, -0.15) is 18.6 Å². The van der Waals surface area contributed by atoms with Crippen LogP contribution in [0, 0.1) is 12.8 Å². The van der Waals surface area contributed by atoms with Crippen molar-refractivity contribution in [1.29, 1.82) is 0 Å². The number of hydrogen-bond acceptors (Lipinski definition) is 7. The van der Waals surface area contributed by atoms with Gasteiger partial charge in [-0.3, -0.25) is 8.86 Å². The summed E-state index contributed by atoms with van der Waals surface area (Å²) in [6.45, 7) is 2.88. The summed E-state index contributed by atoms with van der Waals surface area (Å²) < 4.78 is 40.5. The maximum atomic E-state index is 12.6. The normalized spacial score (nSPS) is 23.7. The van der Waals surface area contributed by atoms with Crippen LogP contribution in [0.15, 0.2) is 53.7 Å². The fourth-order valence-electron chi connectivity index (χ4n) is 5.66. The van der Waals surface area contributed by atoms with E-state index in [1.807, 2.05) is 17.8 Å². The Morgan fingerprint density at radius 2 is 1.87 bits per heavy atom. The molecule has 1 saturated heterocycles. The predicted molar refractivity (Wildman–Crippen MR) is 146 cm³/mol. The van der Waals surface area contributed by atoms with E-state index < -0.39 is 10.1 Å². The van der Waals surface area contributed by atoms with Gasteiger partial charge in [0.25, 0.3) is 10.1 Å². The van der Waals surface area contributed by atoms with Gasteiger partial charge in [0.2, 0.25) is 0 Å². The van der Waals surface area contributed by atoms with Gasteiger partial charge in [-0.1, -0.05) is 17.7 Å². The first-order valence-electron chi connectivity index (χ1n) is 14.0. The molecule has 1 atom stereocenters. The molecular formula is C29H33N5O4S. The first kappa shape index (κ1) is 24.9. The van der Waals surface area contributed by atoms with E-state index >= 15 is 0 Å². The van der Waals surface area contributed by atoms with E-state index in [-0.39, 0.29) is 29.7 Å². The van der Waals surface area contributed by atoms with Crippen LogP contribution in [0.5, 0.6) is 0 Å². The number of rotatable bonds is 8. The van der Waals surface area contributed by atoms with Gasteiger partial charge in [0.05, 0.1) is 35.1 Å². The molecule has 2 saturated carbocycles. The second kappa shape index (κ2) is 9.83. The summed E-state index contributed by atoms with van der Waals surface area (Å²) in [5.74, 6) is 0.663. The molecule has 0 spiro atoms. The van der Waals surface area contributed by atoms with Crippen LogP contribution < -0.4 is 0 Å². The Balaban J connectivity index is 1.07. The average Bonchev–Trinajstić information content (AvgIpc) is 3.53. The van der Waals surface area contributed by atoms with Gasteiger partial charge < -0.3 is 4.74 Å². The molecule has 3 aliphatic rings. The average molecular weight is 548 g/mol. The summed E-state index contributed by atoms with van der Waals surface area (Å²) in [7, 11) is -3.74. The van der Waals surface area contributed by atoms with Gasteiger partial charge >= 0.3 is 0 Å². The SMILES string of the molecule is Cc1ccc(S(=O)(=O)OCC2CC(n3cc(-c4ccc5cnn(C6CCCCO6)c5n4)c(C4CC4)n3)C2)cc1. The smallest absolute Gasteiger partial charge is 0.296 e. The van der Waals surface area contributed by atoms with Gasteiger partial charge in [-0.25, -0.2) is 9.67 Å². The zero-order valence-electron chi connectivity index (χ0n) is 22.1. The molecule has 4 aromatic rings. The molecule has 0 amide bonds. The molecule has 10 heteroatoms. The Morgan fingerprint density at radius 1 is 1.05 bits per heavy atom. The highest BCUT2D eigenvalue weighted by atomic mass is 32.2. The van der Waals surface area contributed by atoms with E-state index in [1.165, 1.54) is 0 Å². The number of aromatic nitrogens is 5. The number of nitrogens with zero attached hydrogens (tertiary/aromatic N) is 5. The lowest BCUT2D eigenvalue weighted by atomic mass is 9.81. The standard InChI is InChI=1S/C29H33N5O4S/c1-19-5-10-24(11-6-19)39(35,36)38-18-20-14-23(15-20)33-17-25(28(32-33)21-7-8-21)26-12-9-22-16-30-34(29(22)31-26)27-4-2-3-13-37-27/h5-6,9-12,16-17,20-21,23,27H,2-4,7-8,13-15,18H2,1H3. The minimum Gasteiger partial charge on any atom is -0.356 e. The van der Waals surface area contributed by atoms with Crippen molar-refractivity contribution >= 4 is 21.2 Å². The summed E-state index contributed by atoms with van der Waals surface area (Å²) in [4.78, 5) is 5.26. The highest BCUT2D eigenvalue weighted by Crippen LogP contribution is 2.46. The monoisotopic (exact) mass is 547 g/mol. The van der Waals surface area contributed by atoms with E-state index in [0.29, 0.717) is 5.92 Å². The lowest BCUT2D eigenvalue weighted by Gasteiger charge is -2.34. The van der Waals surface area contributed by atoms with E-state index in [2.05, 4.69) is 28.1 Å². The van der Waals surface area contributed by atoms with Gasteiger partial charge in [-0.05, 0) is 82.1 Å². The zero-order chi connectivity index (χ0) is 26.6. The summed E-state index contributed by atoms with van der Waals surface area (Å²) in [5, 5.41) is 10.6. The Morgan fingerprint density at radius 3 is 2.62 bits per heavy atom. The van der Waals surface area contributed by atoms with Gasteiger partial charge in [-0.15, -0.1) is 0 Å². The lowest BCUT2D eigenvalue weighted by molar-refractivity contribution is -0.0370. The van der Waals surface area contributed by atoms with Crippen molar-refractivity contribution in [3.05, 3.63) is 60.0 Å². The largest absolute Gasteiger partial charge is 0.356 e. The van der Waals surface area contributed by atoms with E-state index in [9.17, 15) is 8.42 Å². The molecule has 9 nitrogen and oxygen atoms in total. The van der Waals surface area contributed by atoms with Crippen molar-refractivity contribution in [3.63, 3.8) is 0 Å². The van der Waals surface area contributed by atoms with E-state index in [0.717, 1.165) is 85.1 Å². The zero-order valence-corrected chi connectivity index (χ0v) is 22.9. The summed E-state index contributed by atoms with van der Waals surface area (Å²) in [5.41, 5.74) is 4.97. The number of pyridine rings is 1. The number of ether oxygens (including phenoxy) is 1. The van der Waals surface area contributed by atoms with Crippen LogP contribution in [-0.2, 0) is 19.0 Å². The maximum absolute atomic E-state index is 12.6. The molecule has 204 valence electrons. The third-order valence-corrected chi connectivity index (χ3v) is 9.52. The molecule has 7 rings (SSSR count). The number of aryl methyl sites for hydroxylation is 1. The van der Waals surface area contributed by atoms with Crippen molar-refractivity contribution in [1.82, 2.24) is 24.5 Å². The van der Waals surface area contributed by atoms with Crippen LogP contribution in [0.1, 0.15) is 74.4 Å². The van der Waals surface area contributed by atoms with Crippen LogP contribution in [0.3, 0.4) is 0 Å². The molecule has 2 aliphatic carbocycles. The molecule has 3 aromatic heterocycles. The minimum atomic E-state index is -3.74. The van der Waals surface area contributed by atoms with Crippen molar-refractivity contribution in [2.24, 2.45) is 5.92 Å². The molecule has 39 heavy (non-hydrogen) atoms. The Labute approximate surface area is 228 Å². The van der Waals surface area contributed by atoms with Crippen LogP contribution in [-0.4, -0.2) is 46.2 Å². The number of hydrogen-bond donors (Lipinski definition) is 0. The first-order chi connectivity index (χ1) is 18.9. The van der Waals surface area contributed by atoms with Crippen molar-refractivity contribution in [2.45, 2.75) is 75.0 Å². The lowest BCUT2D eigenvalue weighted by Crippen LogP contribution is -2.31. The summed E-state index contributed by atoms with van der Waals surface area (Å²) >= 11 is 0. The second-order valence-corrected chi connectivity index (χ2v) is 12.9. The number of benzene rings is 1. The Bertz CT molecular complexity index is 1590. The molecule has 4 heterocycles. The predicted octanol–water partition coefficient (Wildman–Crippen LogP) is 5.54. The van der Waals surface area contributed by atoms with E-state index in [1.54, 1.807) is 24.3 Å². The van der Waals surface area contributed by atoms with Crippen LogP contribution in [0.25, 0.3) is 22.3 Å². The van der Waals surface area contributed by atoms with E-state index in [4.69, 9.17) is 19.0 Å². The molecule has 1 aromatic carbocycles. The fraction of sp³-hybridized carbons (Fsp3) is 0.483. The molecule has 0 N–H and O–H groups in total. The molecule has 0 radical (unpaired) electrons. The Hall–Kier alpha value is -3.08. The van der Waals surface area contributed by atoms with Crippen LogP contribution in [0.2, 0.25) is 0 Å². The summed E-state index contributed by atoms with van der Waals surface area (Å²) in [6.07, 6.45) is 11.1. The van der Waals surface area contributed by atoms with Gasteiger partial charge in [0.1, 0.15) is 0 Å². The highest BCUT2D eigenvalue weighted by Gasteiger charge is 2.36. The fourth-order valence-corrected chi connectivity index (χ4v) is 6.64. The Kier molecular flexibility index (Phi) is 6.28. The topological polar surface area (TPSA) is 101 Å². The van der Waals surface area contributed by atoms with Crippen LogP contribution >= 0.6 is 0 Å². The number of fused-ring (bicyclic) bond motifs is 1. The first-order valence-corrected chi connectivity index (χ1v) is 15.4. The quantitative estimate of drug-likeness (QED) is 0.267. The molecule has 1 aliphatic heterocycles. The minimum absolute atomic E-state index is 0.0615. The second-order valence-electron chi connectivity index (χ2n) is 11.2. The summed E-state index contributed by atoms with van der Waals surface area (Å²) in [6, 6.07) is 11.1.